The van der Waals surface area contributed by atoms with Crippen molar-refractivity contribution in [1.29, 1.82) is 0 Å². The SMILES string of the molecule is CCCCCCCCCCCC(C(=O)O)(C(=O)O)C(C)C.[LiH]. The third-order valence-corrected chi connectivity index (χ3v) is 4.42. The monoisotopic (exact) mass is 308 g/mol. The summed E-state index contributed by atoms with van der Waals surface area (Å²) in [6, 6.07) is 0. The Morgan fingerprint density at radius 3 is 1.50 bits per heavy atom. The molecule has 0 heterocycles. The number of rotatable bonds is 13. The van der Waals surface area contributed by atoms with Gasteiger partial charge in [-0.25, -0.2) is 0 Å². The number of hydrogen-bond donors (Lipinski definition) is 2. The molecule has 0 unspecified atom stereocenters. The fourth-order valence-electron chi connectivity index (χ4n) is 2.80. The van der Waals surface area contributed by atoms with Crippen molar-refractivity contribution >= 4 is 30.8 Å². The number of hydrogen-bond acceptors (Lipinski definition) is 2. The summed E-state index contributed by atoms with van der Waals surface area (Å²) in [4.78, 5) is 22.8. The van der Waals surface area contributed by atoms with E-state index < -0.39 is 23.3 Å². The maximum absolute atomic E-state index is 11.4. The molecule has 0 saturated carbocycles. The second-order valence-corrected chi connectivity index (χ2v) is 6.31. The first-order valence-electron chi connectivity index (χ1n) is 8.36. The van der Waals surface area contributed by atoms with E-state index >= 15 is 0 Å². The summed E-state index contributed by atoms with van der Waals surface area (Å²) in [6.45, 7) is 5.55. The van der Waals surface area contributed by atoms with Gasteiger partial charge in [-0.2, -0.15) is 0 Å². The Balaban J connectivity index is 0. The van der Waals surface area contributed by atoms with Gasteiger partial charge >= 0.3 is 30.8 Å². The van der Waals surface area contributed by atoms with Gasteiger partial charge in [0.15, 0.2) is 5.41 Å². The molecule has 0 bridgehead atoms. The molecule has 0 aromatic carbocycles. The third-order valence-electron chi connectivity index (χ3n) is 4.42. The molecule has 5 heteroatoms. The molecule has 0 atom stereocenters. The van der Waals surface area contributed by atoms with Crippen molar-refractivity contribution in [2.24, 2.45) is 11.3 Å². The van der Waals surface area contributed by atoms with E-state index in [1.165, 1.54) is 38.5 Å². The van der Waals surface area contributed by atoms with Crippen molar-refractivity contribution in [3.05, 3.63) is 0 Å². The number of aliphatic carboxylic acids is 2. The van der Waals surface area contributed by atoms with Crippen LogP contribution >= 0.6 is 0 Å². The molecule has 0 rings (SSSR count). The van der Waals surface area contributed by atoms with E-state index in [9.17, 15) is 19.8 Å². The second kappa shape index (κ2) is 13.0. The summed E-state index contributed by atoms with van der Waals surface area (Å²) >= 11 is 0. The summed E-state index contributed by atoms with van der Waals surface area (Å²) < 4.78 is 0. The van der Waals surface area contributed by atoms with E-state index in [-0.39, 0.29) is 25.3 Å². The van der Waals surface area contributed by atoms with Crippen LogP contribution in [0.3, 0.4) is 0 Å². The first-order valence-corrected chi connectivity index (χ1v) is 8.36. The van der Waals surface area contributed by atoms with Crippen molar-refractivity contribution in [1.82, 2.24) is 0 Å². The van der Waals surface area contributed by atoms with Gasteiger partial charge in [-0.3, -0.25) is 9.59 Å². The van der Waals surface area contributed by atoms with Gasteiger partial charge in [0, 0.05) is 0 Å². The van der Waals surface area contributed by atoms with E-state index in [1.807, 2.05) is 0 Å². The number of unbranched alkanes of at least 4 members (excludes halogenated alkanes) is 8. The van der Waals surface area contributed by atoms with Crippen LogP contribution in [-0.4, -0.2) is 41.0 Å². The molecular formula is C17H33LiO4. The molecule has 4 nitrogen and oxygen atoms in total. The molecule has 0 spiro atoms. The molecule has 0 aliphatic rings. The average molecular weight is 308 g/mol. The van der Waals surface area contributed by atoms with E-state index in [1.54, 1.807) is 13.8 Å². The van der Waals surface area contributed by atoms with Crippen LogP contribution in [0.1, 0.15) is 85.0 Å². The van der Waals surface area contributed by atoms with Crippen molar-refractivity contribution in [2.45, 2.75) is 85.0 Å². The van der Waals surface area contributed by atoms with Gasteiger partial charge in [0.1, 0.15) is 0 Å². The molecule has 0 amide bonds. The molecule has 0 aromatic heterocycles. The fourth-order valence-corrected chi connectivity index (χ4v) is 2.80. The summed E-state index contributed by atoms with van der Waals surface area (Å²) in [5.41, 5.74) is -1.62. The molecule has 0 radical (unpaired) electrons. The summed E-state index contributed by atoms with van der Waals surface area (Å²) in [6.07, 6.45) is 10.4. The van der Waals surface area contributed by atoms with Crippen LogP contribution in [0.2, 0.25) is 0 Å². The molecule has 0 saturated heterocycles. The minimum atomic E-state index is -1.62. The first kappa shape index (κ1) is 23.8. The van der Waals surface area contributed by atoms with Crippen molar-refractivity contribution in [2.75, 3.05) is 0 Å². The van der Waals surface area contributed by atoms with Gasteiger partial charge in [0.2, 0.25) is 0 Å². The maximum atomic E-state index is 11.4. The predicted octanol–water partition coefficient (Wildman–Crippen LogP) is 4.07. The molecule has 22 heavy (non-hydrogen) atoms. The van der Waals surface area contributed by atoms with Gasteiger partial charge < -0.3 is 10.2 Å². The Morgan fingerprint density at radius 2 is 1.18 bits per heavy atom. The Morgan fingerprint density at radius 1 is 0.818 bits per heavy atom. The normalized spacial score (nSPS) is 11.3. The number of carboxylic acid groups (broad SMARTS) is 2. The summed E-state index contributed by atoms with van der Waals surface area (Å²) in [5, 5.41) is 18.6. The van der Waals surface area contributed by atoms with Gasteiger partial charge in [0.05, 0.1) is 0 Å². The van der Waals surface area contributed by atoms with Crippen LogP contribution in [0.15, 0.2) is 0 Å². The quantitative estimate of drug-likeness (QED) is 0.305. The van der Waals surface area contributed by atoms with Crippen molar-refractivity contribution in [3.63, 3.8) is 0 Å². The molecular weight excluding hydrogens is 275 g/mol. The van der Waals surface area contributed by atoms with E-state index in [0.717, 1.165) is 12.8 Å². The fraction of sp³-hybridized carbons (Fsp3) is 0.882. The van der Waals surface area contributed by atoms with Crippen molar-refractivity contribution < 1.29 is 19.8 Å². The van der Waals surface area contributed by atoms with Gasteiger partial charge in [-0.15, -0.1) is 0 Å². The Hall–Kier alpha value is -0.463. The van der Waals surface area contributed by atoms with Crippen LogP contribution in [0, 0.1) is 11.3 Å². The van der Waals surface area contributed by atoms with Gasteiger partial charge in [-0.1, -0.05) is 78.6 Å². The van der Waals surface area contributed by atoms with Crippen LogP contribution in [0.5, 0.6) is 0 Å². The van der Waals surface area contributed by atoms with Crippen molar-refractivity contribution in [3.8, 4) is 0 Å². The topological polar surface area (TPSA) is 74.6 Å². The van der Waals surface area contributed by atoms with Gasteiger partial charge in [-0.05, 0) is 12.3 Å². The second-order valence-electron chi connectivity index (χ2n) is 6.31. The Bertz CT molecular complexity index is 302. The summed E-state index contributed by atoms with van der Waals surface area (Å²) in [7, 11) is 0. The molecule has 0 aliphatic heterocycles. The molecule has 126 valence electrons. The Kier molecular flexibility index (Phi) is 14.1. The minimum absolute atomic E-state index is 0. The van der Waals surface area contributed by atoms with E-state index in [0.29, 0.717) is 6.42 Å². The van der Waals surface area contributed by atoms with Crippen LogP contribution in [0.4, 0.5) is 0 Å². The van der Waals surface area contributed by atoms with Gasteiger partial charge in [0.25, 0.3) is 0 Å². The zero-order chi connectivity index (χ0) is 16.3. The number of carboxylic acids is 2. The first-order chi connectivity index (χ1) is 9.89. The average Bonchev–Trinajstić information content (AvgIpc) is 2.39. The van der Waals surface area contributed by atoms with Crippen LogP contribution in [0.25, 0.3) is 0 Å². The molecule has 0 aliphatic carbocycles. The van der Waals surface area contributed by atoms with Crippen LogP contribution < -0.4 is 0 Å². The molecule has 0 fully saturated rings. The van der Waals surface area contributed by atoms with Crippen LogP contribution in [-0.2, 0) is 9.59 Å². The van der Waals surface area contributed by atoms with E-state index in [2.05, 4.69) is 6.92 Å². The molecule has 2 N–H and O–H groups in total. The molecule has 0 aromatic rings. The Labute approximate surface area is 147 Å². The zero-order valence-electron chi connectivity index (χ0n) is 13.9. The summed E-state index contributed by atoms with van der Waals surface area (Å²) in [5.74, 6) is -2.81. The van der Waals surface area contributed by atoms with E-state index in [4.69, 9.17) is 0 Å². The predicted molar refractivity (Wildman–Crippen MR) is 91.5 cm³/mol. The zero-order valence-corrected chi connectivity index (χ0v) is 13.9. The number of carbonyl (C=O) groups is 2. The standard InChI is InChI=1S/C17H32O4.Li.H/c1-4-5-6-7-8-9-10-11-12-13-17(14(2)3,15(18)19)16(20)21;;/h14H,4-13H2,1-3H3,(H,18,19)(H,20,21);;. The third kappa shape index (κ3) is 7.70.